The molecule has 8 heteroatoms. The van der Waals surface area contributed by atoms with Crippen LogP contribution in [0.25, 0.3) is 0 Å². The molecule has 5 nitrogen and oxygen atoms in total. The van der Waals surface area contributed by atoms with Gasteiger partial charge in [0.1, 0.15) is 22.7 Å². The highest BCUT2D eigenvalue weighted by molar-refractivity contribution is 5.86. The zero-order valence-electron chi connectivity index (χ0n) is 13.0. The highest BCUT2D eigenvalue weighted by atomic mass is 19.4. The Hall–Kier alpha value is -1.99. The SMILES string of the molecule is CC(C)Oc1cc(C(F)(F)F)ncc1NC(=O)OC(C)(C)C. The van der Waals surface area contributed by atoms with E-state index < -0.39 is 23.6 Å². The molecule has 0 radical (unpaired) electrons. The van der Waals surface area contributed by atoms with Crippen molar-refractivity contribution in [3.05, 3.63) is 18.0 Å². The fraction of sp³-hybridized carbons (Fsp3) is 0.571. The maximum absolute atomic E-state index is 12.7. The molecular formula is C14H19F3N2O3. The molecule has 1 N–H and O–H groups in total. The zero-order chi connectivity index (χ0) is 17.1. The van der Waals surface area contributed by atoms with Crippen molar-refractivity contribution in [1.82, 2.24) is 4.98 Å². The molecule has 0 spiro atoms. The molecule has 0 unspecified atom stereocenters. The Morgan fingerprint density at radius 3 is 2.32 bits per heavy atom. The average molecular weight is 320 g/mol. The van der Waals surface area contributed by atoms with E-state index >= 15 is 0 Å². The van der Waals surface area contributed by atoms with Gasteiger partial charge >= 0.3 is 12.3 Å². The first-order valence-corrected chi connectivity index (χ1v) is 6.62. The zero-order valence-corrected chi connectivity index (χ0v) is 13.0. The summed E-state index contributed by atoms with van der Waals surface area (Å²) < 4.78 is 48.4. The maximum atomic E-state index is 12.7. The van der Waals surface area contributed by atoms with Gasteiger partial charge in [0.15, 0.2) is 0 Å². The first kappa shape index (κ1) is 18.1. The van der Waals surface area contributed by atoms with Crippen molar-refractivity contribution in [1.29, 1.82) is 0 Å². The lowest BCUT2D eigenvalue weighted by molar-refractivity contribution is -0.141. The summed E-state index contributed by atoms with van der Waals surface area (Å²) >= 11 is 0. The Morgan fingerprint density at radius 1 is 1.27 bits per heavy atom. The van der Waals surface area contributed by atoms with Crippen molar-refractivity contribution in [2.75, 3.05) is 5.32 Å². The van der Waals surface area contributed by atoms with Crippen molar-refractivity contribution >= 4 is 11.8 Å². The van der Waals surface area contributed by atoms with Gasteiger partial charge < -0.3 is 9.47 Å². The van der Waals surface area contributed by atoms with Crippen LogP contribution in [0.4, 0.5) is 23.7 Å². The van der Waals surface area contributed by atoms with Crippen LogP contribution >= 0.6 is 0 Å². The molecule has 0 fully saturated rings. The van der Waals surface area contributed by atoms with E-state index in [1.807, 2.05) is 0 Å². The Bertz CT molecular complexity index is 537. The third-order valence-electron chi connectivity index (χ3n) is 2.15. The summed E-state index contributed by atoms with van der Waals surface area (Å²) in [5.41, 5.74) is -1.82. The van der Waals surface area contributed by atoms with Crippen molar-refractivity contribution in [3.8, 4) is 5.75 Å². The Labute approximate surface area is 126 Å². The van der Waals surface area contributed by atoms with E-state index in [9.17, 15) is 18.0 Å². The molecule has 124 valence electrons. The minimum absolute atomic E-state index is 0.0101. The Balaban J connectivity index is 3.05. The van der Waals surface area contributed by atoms with Crippen LogP contribution in [-0.4, -0.2) is 22.8 Å². The highest BCUT2D eigenvalue weighted by Gasteiger charge is 2.33. The predicted octanol–water partition coefficient (Wildman–Crippen LogP) is 4.23. The summed E-state index contributed by atoms with van der Waals surface area (Å²) in [4.78, 5) is 15.0. The van der Waals surface area contributed by atoms with Gasteiger partial charge in [0.2, 0.25) is 0 Å². The third-order valence-corrected chi connectivity index (χ3v) is 2.15. The first-order chi connectivity index (χ1) is 9.88. The summed E-state index contributed by atoms with van der Waals surface area (Å²) in [6.07, 6.45) is -4.88. The number of anilines is 1. The van der Waals surface area contributed by atoms with Gasteiger partial charge in [-0.3, -0.25) is 5.32 Å². The van der Waals surface area contributed by atoms with Gasteiger partial charge in [-0.1, -0.05) is 0 Å². The average Bonchev–Trinajstić information content (AvgIpc) is 2.26. The Kier molecular flexibility index (Phi) is 5.26. The van der Waals surface area contributed by atoms with E-state index in [-0.39, 0.29) is 17.5 Å². The Morgan fingerprint density at radius 2 is 1.86 bits per heavy atom. The number of carbonyl (C=O) groups excluding carboxylic acids is 1. The van der Waals surface area contributed by atoms with Crippen LogP contribution in [-0.2, 0) is 10.9 Å². The van der Waals surface area contributed by atoms with Crippen LogP contribution in [0.3, 0.4) is 0 Å². The summed E-state index contributed by atoms with van der Waals surface area (Å²) in [5, 5.41) is 2.34. The molecule has 0 saturated heterocycles. The fourth-order valence-corrected chi connectivity index (χ4v) is 1.45. The number of aromatic nitrogens is 1. The van der Waals surface area contributed by atoms with E-state index in [4.69, 9.17) is 9.47 Å². The number of nitrogens with zero attached hydrogens (tertiary/aromatic N) is 1. The highest BCUT2D eigenvalue weighted by Crippen LogP contribution is 2.34. The maximum Gasteiger partial charge on any atom is 0.433 e. The van der Waals surface area contributed by atoms with Crippen LogP contribution in [0.15, 0.2) is 12.3 Å². The molecule has 0 aliphatic heterocycles. The molecule has 0 bridgehead atoms. The van der Waals surface area contributed by atoms with E-state index in [0.29, 0.717) is 0 Å². The summed E-state index contributed by atoms with van der Waals surface area (Å²) in [6, 6.07) is 0.743. The molecule has 0 aliphatic carbocycles. The van der Waals surface area contributed by atoms with Crippen LogP contribution in [0.1, 0.15) is 40.3 Å². The second-order valence-electron chi connectivity index (χ2n) is 5.86. The number of ether oxygens (including phenoxy) is 2. The predicted molar refractivity (Wildman–Crippen MR) is 74.9 cm³/mol. The second kappa shape index (κ2) is 6.41. The minimum Gasteiger partial charge on any atom is -0.489 e. The molecule has 1 aromatic heterocycles. The number of rotatable bonds is 3. The van der Waals surface area contributed by atoms with Gasteiger partial charge in [0.25, 0.3) is 0 Å². The molecule has 0 aliphatic rings. The number of nitrogens with one attached hydrogen (secondary N) is 1. The molecule has 1 heterocycles. The summed E-state index contributed by atoms with van der Waals surface area (Å²) in [7, 11) is 0. The molecule has 22 heavy (non-hydrogen) atoms. The van der Waals surface area contributed by atoms with Crippen molar-refractivity contribution in [2.45, 2.75) is 52.5 Å². The number of halogens is 3. The summed E-state index contributed by atoms with van der Waals surface area (Å²) in [6.45, 7) is 8.32. The molecule has 0 aromatic carbocycles. The second-order valence-corrected chi connectivity index (χ2v) is 5.86. The molecule has 0 saturated carbocycles. The van der Waals surface area contributed by atoms with Crippen molar-refractivity contribution < 1.29 is 27.4 Å². The van der Waals surface area contributed by atoms with Gasteiger partial charge in [-0.2, -0.15) is 13.2 Å². The van der Waals surface area contributed by atoms with Crippen LogP contribution in [0, 0.1) is 0 Å². The molecule has 1 amide bonds. The number of hydrogen-bond acceptors (Lipinski definition) is 4. The quantitative estimate of drug-likeness (QED) is 0.905. The standard InChI is InChI=1S/C14H19F3N2O3/c1-8(2)21-10-6-11(14(15,16)17)18-7-9(10)19-12(20)22-13(3,4)5/h6-8H,1-5H3,(H,19,20). The van der Waals surface area contributed by atoms with Gasteiger partial charge in [0.05, 0.1) is 12.3 Å². The summed E-state index contributed by atoms with van der Waals surface area (Å²) in [5.74, 6) is -0.122. The lowest BCUT2D eigenvalue weighted by atomic mass is 10.2. The van der Waals surface area contributed by atoms with Gasteiger partial charge in [0, 0.05) is 6.07 Å². The third kappa shape index (κ3) is 5.79. The van der Waals surface area contributed by atoms with E-state index in [1.165, 1.54) is 0 Å². The molecule has 0 atom stereocenters. The van der Waals surface area contributed by atoms with E-state index in [1.54, 1.807) is 34.6 Å². The van der Waals surface area contributed by atoms with Crippen LogP contribution in [0.2, 0.25) is 0 Å². The minimum atomic E-state index is -4.60. The smallest absolute Gasteiger partial charge is 0.433 e. The van der Waals surface area contributed by atoms with Crippen molar-refractivity contribution in [2.24, 2.45) is 0 Å². The lowest BCUT2D eigenvalue weighted by Gasteiger charge is -2.21. The van der Waals surface area contributed by atoms with E-state index in [0.717, 1.165) is 12.3 Å². The van der Waals surface area contributed by atoms with Gasteiger partial charge in [-0.25, -0.2) is 9.78 Å². The first-order valence-electron chi connectivity index (χ1n) is 6.62. The number of hydrogen-bond donors (Lipinski definition) is 1. The lowest BCUT2D eigenvalue weighted by Crippen LogP contribution is -2.27. The fourth-order valence-electron chi connectivity index (χ4n) is 1.45. The number of alkyl halides is 3. The van der Waals surface area contributed by atoms with Crippen LogP contribution in [0.5, 0.6) is 5.75 Å². The van der Waals surface area contributed by atoms with Gasteiger partial charge in [-0.15, -0.1) is 0 Å². The van der Waals surface area contributed by atoms with Crippen LogP contribution < -0.4 is 10.1 Å². The van der Waals surface area contributed by atoms with E-state index in [2.05, 4.69) is 10.3 Å². The molecular weight excluding hydrogens is 301 g/mol. The normalized spacial score (nSPS) is 12.2. The monoisotopic (exact) mass is 320 g/mol. The largest absolute Gasteiger partial charge is 0.489 e. The van der Waals surface area contributed by atoms with Gasteiger partial charge in [-0.05, 0) is 34.6 Å². The number of pyridine rings is 1. The number of carbonyl (C=O) groups is 1. The van der Waals surface area contributed by atoms with Crippen molar-refractivity contribution in [3.63, 3.8) is 0 Å². The number of amides is 1. The molecule has 1 rings (SSSR count). The topological polar surface area (TPSA) is 60.5 Å². The molecule has 1 aromatic rings.